The van der Waals surface area contributed by atoms with Crippen LogP contribution in [0.25, 0.3) is 45.6 Å². The number of furan rings is 2. The zero-order valence-electron chi connectivity index (χ0n) is 28.7. The second-order valence-electron chi connectivity index (χ2n) is 13.1. The van der Waals surface area contributed by atoms with E-state index in [1.54, 1.807) is 12.5 Å². The molecule has 2 unspecified atom stereocenters. The molecule has 0 amide bonds. The Morgan fingerprint density at radius 3 is 1.34 bits per heavy atom. The molecule has 0 saturated heterocycles. The summed E-state index contributed by atoms with van der Waals surface area (Å²) in [5.41, 5.74) is 18.8. The molecule has 2 aliphatic carbocycles. The third-order valence-corrected chi connectivity index (χ3v) is 11.8. The van der Waals surface area contributed by atoms with Crippen molar-refractivity contribution in [1.82, 2.24) is 0 Å². The van der Waals surface area contributed by atoms with Crippen LogP contribution < -0.4 is 0 Å². The molecular weight excluding hydrogens is 751 g/mol. The van der Waals surface area contributed by atoms with Crippen molar-refractivity contribution in [3.05, 3.63) is 166 Å². The van der Waals surface area contributed by atoms with Gasteiger partial charge >= 0.3 is 37.9 Å². The molecule has 0 N–H and O–H groups in total. The number of allylic oxidation sites excluding steroid dienone is 2. The van der Waals surface area contributed by atoms with Crippen LogP contribution >= 0.6 is 17.0 Å². The number of fused-ring (bicyclic) bond motifs is 2. The fourth-order valence-electron chi connectivity index (χ4n) is 7.80. The fraction of sp³-hybridized carbons (Fsp3) is 0.182. The SMILES string of the molecule is Cc1cc2c(c(-c3ccccc3)c1C)C=C(c1ccco1)C2C[Si]CC1C(c2ccco2)=Cc2c1cc(C)c(C)c2-c1ccccc1.[Cl][Zr][Cl]. The Bertz CT molecular complexity index is 2010. The Morgan fingerprint density at radius 2 is 0.980 bits per heavy atom. The van der Waals surface area contributed by atoms with Crippen LogP contribution in [0.3, 0.4) is 0 Å². The molecule has 2 aromatic heterocycles. The molecule has 6 heteroatoms. The molecular formula is C44H38Cl2O2SiZr. The first-order valence-corrected chi connectivity index (χ1v) is 24.7. The van der Waals surface area contributed by atoms with Crippen LogP contribution in [0.4, 0.5) is 0 Å². The number of halogens is 2. The number of hydrogen-bond acceptors (Lipinski definition) is 2. The summed E-state index contributed by atoms with van der Waals surface area (Å²) in [5, 5.41) is 0. The molecule has 0 saturated carbocycles. The van der Waals surface area contributed by atoms with E-state index in [0.29, 0.717) is 0 Å². The summed E-state index contributed by atoms with van der Waals surface area (Å²) < 4.78 is 12.1. The van der Waals surface area contributed by atoms with Crippen LogP contribution in [0.15, 0.2) is 118 Å². The van der Waals surface area contributed by atoms with E-state index in [9.17, 15) is 0 Å². The van der Waals surface area contributed by atoms with E-state index in [1.165, 1.54) is 77.9 Å². The van der Waals surface area contributed by atoms with Gasteiger partial charge in [-0.05, 0) is 143 Å². The molecule has 2 heterocycles. The molecule has 0 aliphatic heterocycles. The zero-order valence-corrected chi connectivity index (χ0v) is 33.7. The van der Waals surface area contributed by atoms with Crippen LogP contribution in [0, 0.1) is 27.7 Å². The molecule has 0 bridgehead atoms. The van der Waals surface area contributed by atoms with Gasteiger partial charge in [0, 0.05) is 32.5 Å². The first-order chi connectivity index (χ1) is 24.4. The normalized spacial score (nSPS) is 15.9. The summed E-state index contributed by atoms with van der Waals surface area (Å²) in [4.78, 5) is 0. The summed E-state index contributed by atoms with van der Waals surface area (Å²) in [5.74, 6) is 2.53. The van der Waals surface area contributed by atoms with Crippen molar-refractivity contribution in [1.29, 1.82) is 0 Å². The van der Waals surface area contributed by atoms with Crippen LogP contribution in [0.5, 0.6) is 0 Å². The molecule has 4 aromatic carbocycles. The average Bonchev–Trinajstić information content (AvgIpc) is 3.95. The summed E-state index contributed by atoms with van der Waals surface area (Å²) in [6, 6.07) is 37.0. The van der Waals surface area contributed by atoms with Gasteiger partial charge in [-0.1, -0.05) is 72.8 Å². The van der Waals surface area contributed by atoms with Crippen LogP contribution in [-0.2, 0) is 20.8 Å². The van der Waals surface area contributed by atoms with Crippen LogP contribution in [-0.4, -0.2) is 9.52 Å². The first kappa shape index (κ1) is 35.0. The van der Waals surface area contributed by atoms with Crippen LogP contribution in [0.1, 0.15) is 67.9 Å². The van der Waals surface area contributed by atoms with Crippen molar-refractivity contribution < 1.29 is 29.7 Å². The second kappa shape index (κ2) is 15.5. The van der Waals surface area contributed by atoms with E-state index in [2.05, 4.69) is 125 Å². The molecule has 2 aliphatic rings. The van der Waals surface area contributed by atoms with Gasteiger partial charge in [0.25, 0.3) is 0 Å². The standard InChI is InChI=1S/C44H38O2Si.2ClH.Zr/c1-27-21-33-37(43(29(27)3)31-13-7-5-8-14-31)23-35(41-17-11-19-45-41)39(33)25-47-26-40-34-22-28(2)30(4)44(32-15-9-6-10-16-32)38(34)24-36(40)42-18-12-20-46-42;;;/h5-24,39-40H,25-26H2,1-4H3;2*1H;/q;;;+2/p-2. The number of aryl methyl sites for hydroxylation is 2. The van der Waals surface area contributed by atoms with Crippen molar-refractivity contribution >= 4 is 49.8 Å². The molecule has 2 radical (unpaired) electrons. The topological polar surface area (TPSA) is 26.3 Å². The molecule has 2 nitrogen and oxygen atoms in total. The van der Waals surface area contributed by atoms with Crippen molar-refractivity contribution in [2.24, 2.45) is 0 Å². The summed E-state index contributed by atoms with van der Waals surface area (Å²) in [7, 11) is 10.6. The molecule has 50 heavy (non-hydrogen) atoms. The predicted octanol–water partition coefficient (Wildman–Crippen LogP) is 13.3. The van der Waals surface area contributed by atoms with E-state index in [1.807, 2.05) is 12.1 Å². The van der Waals surface area contributed by atoms with E-state index in [-0.39, 0.29) is 11.8 Å². The van der Waals surface area contributed by atoms with Gasteiger partial charge in [0.15, 0.2) is 0 Å². The first-order valence-electron chi connectivity index (χ1n) is 17.0. The fourth-order valence-corrected chi connectivity index (χ4v) is 9.42. The van der Waals surface area contributed by atoms with E-state index >= 15 is 0 Å². The summed E-state index contributed by atoms with van der Waals surface area (Å²) >= 11 is -0.826. The van der Waals surface area contributed by atoms with E-state index in [4.69, 9.17) is 25.9 Å². The van der Waals surface area contributed by atoms with Crippen molar-refractivity contribution in [2.75, 3.05) is 0 Å². The minimum absolute atomic E-state index is 0.285. The van der Waals surface area contributed by atoms with Gasteiger partial charge < -0.3 is 8.83 Å². The average molecular weight is 789 g/mol. The third kappa shape index (κ3) is 6.69. The van der Waals surface area contributed by atoms with Crippen molar-refractivity contribution in [2.45, 2.75) is 51.6 Å². The van der Waals surface area contributed by atoms with Crippen LogP contribution in [0.2, 0.25) is 12.1 Å². The summed E-state index contributed by atoms with van der Waals surface area (Å²) in [6.07, 6.45) is 8.43. The van der Waals surface area contributed by atoms with Crippen molar-refractivity contribution in [3.63, 3.8) is 0 Å². The van der Waals surface area contributed by atoms with Gasteiger partial charge in [-0.15, -0.1) is 0 Å². The Kier molecular flexibility index (Phi) is 10.8. The van der Waals surface area contributed by atoms with Gasteiger partial charge in [-0.25, -0.2) is 0 Å². The van der Waals surface area contributed by atoms with Gasteiger partial charge in [-0.2, -0.15) is 0 Å². The number of benzene rings is 4. The monoisotopic (exact) mass is 786 g/mol. The summed E-state index contributed by atoms with van der Waals surface area (Å²) in [6.45, 7) is 9.05. The van der Waals surface area contributed by atoms with Gasteiger partial charge in [0.2, 0.25) is 0 Å². The van der Waals surface area contributed by atoms with Gasteiger partial charge in [-0.3, -0.25) is 0 Å². The number of rotatable bonds is 8. The maximum absolute atomic E-state index is 6.07. The quantitative estimate of drug-likeness (QED) is 0.144. The molecule has 0 fully saturated rings. The van der Waals surface area contributed by atoms with Gasteiger partial charge in [0.1, 0.15) is 11.5 Å². The zero-order chi connectivity index (χ0) is 34.8. The second-order valence-corrected chi connectivity index (χ2v) is 18.2. The molecule has 6 aromatic rings. The minimum atomic E-state index is -0.826. The predicted molar refractivity (Wildman–Crippen MR) is 208 cm³/mol. The Balaban J connectivity index is 0.00000126. The Hall–Kier alpha value is -3.40. The molecule has 8 rings (SSSR count). The third-order valence-electron chi connectivity index (χ3n) is 10.4. The van der Waals surface area contributed by atoms with Crippen molar-refractivity contribution in [3.8, 4) is 22.3 Å². The number of hydrogen-bond donors (Lipinski definition) is 0. The molecule has 248 valence electrons. The van der Waals surface area contributed by atoms with E-state index < -0.39 is 20.8 Å². The Morgan fingerprint density at radius 1 is 0.580 bits per heavy atom. The van der Waals surface area contributed by atoms with Gasteiger partial charge in [0.05, 0.1) is 12.5 Å². The molecule has 0 spiro atoms. The molecule has 2 atom stereocenters. The maximum atomic E-state index is 6.07. The Labute approximate surface area is 316 Å². The van der Waals surface area contributed by atoms with E-state index in [0.717, 1.165) is 33.1 Å².